The summed E-state index contributed by atoms with van der Waals surface area (Å²) in [4.78, 5) is 25.6. The smallest absolute Gasteiger partial charge is 0.245 e. The van der Waals surface area contributed by atoms with Gasteiger partial charge in [0.2, 0.25) is 5.91 Å². The lowest BCUT2D eigenvalue weighted by Crippen LogP contribution is -2.50. The highest BCUT2D eigenvalue weighted by Crippen LogP contribution is 2.30. The third-order valence-corrected chi connectivity index (χ3v) is 5.70. The van der Waals surface area contributed by atoms with Crippen LogP contribution in [0.2, 0.25) is 0 Å². The Morgan fingerprint density at radius 2 is 2.12 bits per heavy atom. The second kappa shape index (κ2) is 7.00. The highest BCUT2D eigenvalue weighted by molar-refractivity contribution is 14.1. The molecule has 0 saturated carbocycles. The number of halogens is 2. The van der Waals surface area contributed by atoms with Crippen LogP contribution in [-0.2, 0) is 16.1 Å². The number of carbonyl (C=O) groups is 2. The Labute approximate surface area is 163 Å². The first-order chi connectivity index (χ1) is 11.4. The van der Waals surface area contributed by atoms with E-state index in [0.717, 1.165) is 19.1 Å². The molecule has 0 N–H and O–H groups in total. The molecule has 0 radical (unpaired) electrons. The van der Waals surface area contributed by atoms with E-state index in [-0.39, 0.29) is 17.6 Å². The third kappa shape index (κ3) is 3.44. The zero-order chi connectivity index (χ0) is 17.4. The summed E-state index contributed by atoms with van der Waals surface area (Å²) in [5, 5.41) is 1.17. The second-order valence-corrected chi connectivity index (χ2v) is 8.36. The number of fused-ring (bicyclic) bond motifs is 1. The molecule has 0 unspecified atom stereocenters. The zero-order valence-electron chi connectivity index (χ0n) is 13.4. The quantitative estimate of drug-likeness (QED) is 0.461. The summed E-state index contributed by atoms with van der Waals surface area (Å²) < 4.78 is 4.24. The van der Waals surface area contributed by atoms with Crippen LogP contribution in [0.15, 0.2) is 35.5 Å². The summed E-state index contributed by atoms with van der Waals surface area (Å²) in [6.07, 6.45) is 3.89. The van der Waals surface area contributed by atoms with Gasteiger partial charge in [0.05, 0.1) is 12.1 Å². The van der Waals surface area contributed by atoms with Crippen molar-refractivity contribution in [1.82, 2.24) is 9.47 Å². The van der Waals surface area contributed by atoms with E-state index in [2.05, 4.69) is 64.2 Å². The van der Waals surface area contributed by atoms with Gasteiger partial charge in [-0.3, -0.25) is 9.59 Å². The van der Waals surface area contributed by atoms with Gasteiger partial charge < -0.3 is 9.47 Å². The summed E-state index contributed by atoms with van der Waals surface area (Å²) in [7, 11) is 0. The predicted octanol–water partition coefficient (Wildman–Crippen LogP) is 3.92. The Morgan fingerprint density at radius 1 is 1.42 bits per heavy atom. The summed E-state index contributed by atoms with van der Waals surface area (Å²) in [5.41, 5.74) is 2.27. The largest absolute Gasteiger partial charge is 0.339 e. The standard InChI is InChI=1S/C18H18BrIN2O2/c1-3-17(24)21-7-12(8-21)5-14(23)9-22-10-16(20)15-6-13(19)4-11(2)18(15)22/h3-4,6,10,12H,1,5,7-9H2,2H3. The first-order valence-electron chi connectivity index (χ1n) is 7.76. The van der Waals surface area contributed by atoms with Crippen molar-refractivity contribution < 1.29 is 9.59 Å². The molecule has 1 saturated heterocycles. The number of nitrogens with zero attached hydrogens (tertiary/aromatic N) is 2. The van der Waals surface area contributed by atoms with Crippen LogP contribution >= 0.6 is 38.5 Å². The molecule has 2 heterocycles. The lowest BCUT2D eigenvalue weighted by atomic mass is 9.94. The van der Waals surface area contributed by atoms with Crippen LogP contribution in [0, 0.1) is 16.4 Å². The van der Waals surface area contributed by atoms with Crippen molar-refractivity contribution in [3.63, 3.8) is 0 Å². The molecule has 1 aliphatic heterocycles. The van der Waals surface area contributed by atoms with Crippen LogP contribution < -0.4 is 0 Å². The van der Waals surface area contributed by atoms with Crippen molar-refractivity contribution in [2.24, 2.45) is 5.92 Å². The number of aryl methyl sites for hydroxylation is 1. The molecule has 6 heteroatoms. The molecular weight excluding hydrogens is 483 g/mol. The van der Waals surface area contributed by atoms with Crippen molar-refractivity contribution >= 4 is 61.1 Å². The Kier molecular flexibility index (Phi) is 5.15. The van der Waals surface area contributed by atoms with Gasteiger partial charge in [-0.05, 0) is 53.3 Å². The van der Waals surface area contributed by atoms with Crippen LogP contribution in [0.3, 0.4) is 0 Å². The number of hydrogen-bond donors (Lipinski definition) is 0. The second-order valence-electron chi connectivity index (χ2n) is 6.28. The van der Waals surface area contributed by atoms with Gasteiger partial charge in [0.25, 0.3) is 0 Å². The van der Waals surface area contributed by atoms with Gasteiger partial charge in [-0.1, -0.05) is 22.5 Å². The molecule has 0 bridgehead atoms. The SMILES string of the molecule is C=CC(=O)N1CC(CC(=O)Cn2cc(I)c3cc(Br)cc(C)c32)C1. The van der Waals surface area contributed by atoms with E-state index in [0.29, 0.717) is 26.1 Å². The fourth-order valence-electron chi connectivity index (χ4n) is 3.28. The highest BCUT2D eigenvalue weighted by Gasteiger charge is 2.30. The predicted molar refractivity (Wildman–Crippen MR) is 107 cm³/mol. The first-order valence-corrected chi connectivity index (χ1v) is 9.63. The summed E-state index contributed by atoms with van der Waals surface area (Å²) in [6.45, 7) is 7.25. The molecule has 24 heavy (non-hydrogen) atoms. The fourth-order valence-corrected chi connectivity index (χ4v) is 4.60. The number of likely N-dealkylation sites (tertiary alicyclic amines) is 1. The van der Waals surface area contributed by atoms with Gasteiger partial charge in [-0.25, -0.2) is 0 Å². The molecule has 126 valence electrons. The zero-order valence-corrected chi connectivity index (χ0v) is 17.1. The van der Waals surface area contributed by atoms with E-state index in [9.17, 15) is 9.59 Å². The molecule has 2 aromatic rings. The Bertz CT molecular complexity index is 837. The molecule has 1 amide bonds. The van der Waals surface area contributed by atoms with Crippen molar-refractivity contribution in [2.75, 3.05) is 13.1 Å². The maximum Gasteiger partial charge on any atom is 0.245 e. The Balaban J connectivity index is 1.69. The molecule has 0 atom stereocenters. The first kappa shape index (κ1) is 17.7. The van der Waals surface area contributed by atoms with Crippen molar-refractivity contribution in [1.29, 1.82) is 0 Å². The minimum absolute atomic E-state index is 0.0501. The normalized spacial score (nSPS) is 14.7. The lowest BCUT2D eigenvalue weighted by molar-refractivity contribution is -0.134. The minimum Gasteiger partial charge on any atom is -0.339 e. The third-order valence-electron chi connectivity index (χ3n) is 4.39. The molecule has 1 aromatic carbocycles. The number of Topliss-reactive ketones (excluding diaryl/α,β-unsaturated/α-hetero) is 1. The van der Waals surface area contributed by atoms with Gasteiger partial charge in [0.1, 0.15) is 0 Å². The Hall–Kier alpha value is -1.15. The number of hydrogen-bond acceptors (Lipinski definition) is 2. The van der Waals surface area contributed by atoms with Gasteiger partial charge >= 0.3 is 0 Å². The number of carbonyl (C=O) groups excluding carboxylic acids is 2. The average molecular weight is 501 g/mol. The van der Waals surface area contributed by atoms with Gasteiger partial charge in [-0.2, -0.15) is 0 Å². The molecule has 3 rings (SSSR count). The van der Waals surface area contributed by atoms with Crippen LogP contribution in [-0.4, -0.2) is 34.2 Å². The molecule has 0 aliphatic carbocycles. The van der Waals surface area contributed by atoms with Crippen molar-refractivity contribution in [3.8, 4) is 0 Å². The van der Waals surface area contributed by atoms with Gasteiger partial charge in [-0.15, -0.1) is 0 Å². The summed E-state index contributed by atoms with van der Waals surface area (Å²) >= 11 is 5.84. The molecule has 4 nitrogen and oxygen atoms in total. The summed E-state index contributed by atoms with van der Waals surface area (Å²) in [6, 6.07) is 4.17. The van der Waals surface area contributed by atoms with Gasteiger partial charge in [0, 0.05) is 45.1 Å². The monoisotopic (exact) mass is 500 g/mol. The number of ketones is 1. The maximum atomic E-state index is 12.4. The lowest BCUT2D eigenvalue weighted by Gasteiger charge is -2.38. The Morgan fingerprint density at radius 3 is 2.79 bits per heavy atom. The number of aromatic nitrogens is 1. The van der Waals surface area contributed by atoms with Crippen LogP contribution in [0.4, 0.5) is 0 Å². The van der Waals surface area contributed by atoms with Crippen LogP contribution in [0.1, 0.15) is 12.0 Å². The molecule has 1 fully saturated rings. The van der Waals surface area contributed by atoms with Crippen molar-refractivity contribution in [3.05, 3.63) is 44.6 Å². The highest BCUT2D eigenvalue weighted by atomic mass is 127. The van der Waals surface area contributed by atoms with E-state index in [1.807, 2.05) is 10.8 Å². The van der Waals surface area contributed by atoms with Crippen molar-refractivity contribution in [2.45, 2.75) is 19.9 Å². The van der Waals surface area contributed by atoms with E-state index in [1.165, 1.54) is 11.5 Å². The van der Waals surface area contributed by atoms with E-state index in [4.69, 9.17) is 0 Å². The van der Waals surface area contributed by atoms with E-state index >= 15 is 0 Å². The maximum absolute atomic E-state index is 12.4. The molecular formula is C18H18BrIN2O2. The van der Waals surface area contributed by atoms with Crippen LogP contribution in [0.5, 0.6) is 0 Å². The molecule has 1 aromatic heterocycles. The van der Waals surface area contributed by atoms with Crippen LogP contribution in [0.25, 0.3) is 10.9 Å². The summed E-state index contributed by atoms with van der Waals surface area (Å²) in [5.74, 6) is 0.435. The molecule has 1 aliphatic rings. The fraction of sp³-hybridized carbons (Fsp3) is 0.333. The van der Waals surface area contributed by atoms with E-state index < -0.39 is 0 Å². The van der Waals surface area contributed by atoms with Gasteiger partial charge in [0.15, 0.2) is 5.78 Å². The topological polar surface area (TPSA) is 42.3 Å². The average Bonchev–Trinajstić information content (AvgIpc) is 2.78. The number of benzene rings is 1. The molecule has 0 spiro atoms. The number of rotatable bonds is 5. The number of amides is 1. The van der Waals surface area contributed by atoms with E-state index in [1.54, 1.807) is 4.90 Å². The minimum atomic E-state index is -0.0501.